The number of carbonyl (C=O) groups excluding carboxylic acids is 1. The van der Waals surface area contributed by atoms with Crippen molar-refractivity contribution in [1.82, 2.24) is 10.0 Å². The van der Waals surface area contributed by atoms with Gasteiger partial charge in [0, 0.05) is 37.3 Å². The molecule has 1 aliphatic heterocycles. The molecule has 10 nitrogen and oxygen atoms in total. The van der Waals surface area contributed by atoms with Crippen LogP contribution in [0.25, 0.3) is 0 Å². The lowest BCUT2D eigenvalue weighted by Gasteiger charge is -2.40. The van der Waals surface area contributed by atoms with E-state index in [1.165, 1.54) is 0 Å². The molecule has 0 aromatic heterocycles. The summed E-state index contributed by atoms with van der Waals surface area (Å²) in [7, 11) is 0. The van der Waals surface area contributed by atoms with E-state index >= 15 is 0 Å². The number of aliphatic hydroxyl groups excluding tert-OH is 3. The minimum absolute atomic E-state index is 0.146. The molecule has 166 valence electrons. The number of benzene rings is 1. The summed E-state index contributed by atoms with van der Waals surface area (Å²) in [5.74, 6) is 2.90. The van der Waals surface area contributed by atoms with Crippen molar-refractivity contribution in [3.05, 3.63) is 24.3 Å². The second-order valence-electron chi connectivity index (χ2n) is 6.67. The molecule has 0 saturated carbocycles. The van der Waals surface area contributed by atoms with Gasteiger partial charge in [-0.3, -0.25) is 5.14 Å². The number of terminal acetylenes is 1. The van der Waals surface area contributed by atoms with E-state index in [-0.39, 0.29) is 12.6 Å². The molecule has 2 unspecified atom stereocenters. The van der Waals surface area contributed by atoms with Crippen molar-refractivity contribution < 1.29 is 29.6 Å². The van der Waals surface area contributed by atoms with Crippen LogP contribution in [0.15, 0.2) is 24.3 Å². The summed E-state index contributed by atoms with van der Waals surface area (Å²) in [5, 5.41) is 40.9. The maximum absolute atomic E-state index is 11.9. The van der Waals surface area contributed by atoms with Gasteiger partial charge in [0.15, 0.2) is 0 Å². The van der Waals surface area contributed by atoms with Crippen molar-refractivity contribution in [3.63, 3.8) is 0 Å². The summed E-state index contributed by atoms with van der Waals surface area (Å²) in [4.78, 5) is 11.9. The van der Waals surface area contributed by atoms with Gasteiger partial charge < -0.3 is 35.4 Å². The lowest BCUT2D eigenvalue weighted by molar-refractivity contribution is -0.270. The van der Waals surface area contributed by atoms with Gasteiger partial charge >= 0.3 is 6.03 Å². The predicted octanol–water partition coefficient (Wildman–Crippen LogP) is -0.0905. The molecule has 0 radical (unpaired) electrons. The van der Waals surface area contributed by atoms with Gasteiger partial charge in [-0.25, -0.2) is 9.52 Å². The number of unbranched alkanes of at least 4 members (excludes halogenated alkanes) is 2. The van der Waals surface area contributed by atoms with E-state index in [9.17, 15) is 20.1 Å². The van der Waals surface area contributed by atoms with Crippen LogP contribution in [0.5, 0.6) is 5.75 Å². The fourth-order valence-electron chi connectivity index (χ4n) is 2.79. The largest absolute Gasteiger partial charge is 0.462 e. The first kappa shape index (κ1) is 24.2. The summed E-state index contributed by atoms with van der Waals surface area (Å²) < 4.78 is 13.9. The molecule has 1 aromatic carbocycles. The number of carbonyl (C=O) groups is 1. The van der Waals surface area contributed by atoms with Crippen LogP contribution in [0, 0.1) is 12.3 Å². The molecule has 0 aliphatic carbocycles. The molecule has 5 atom stereocenters. The van der Waals surface area contributed by atoms with Crippen LogP contribution in [0.1, 0.15) is 19.3 Å². The lowest BCUT2D eigenvalue weighted by Crippen LogP contribution is -2.60. The summed E-state index contributed by atoms with van der Waals surface area (Å²) in [6.45, 7) is 0.672. The molecular formula is C19H28N4O6S. The zero-order chi connectivity index (χ0) is 21.9. The summed E-state index contributed by atoms with van der Waals surface area (Å²) in [6, 6.07) is 6.08. The van der Waals surface area contributed by atoms with E-state index in [1.54, 1.807) is 24.3 Å². The number of rotatable bonds is 10. The first-order valence-electron chi connectivity index (χ1n) is 9.49. The van der Waals surface area contributed by atoms with Crippen molar-refractivity contribution in [2.75, 3.05) is 18.4 Å². The fraction of sp³-hybridized carbons (Fsp3) is 0.526. The molecule has 1 aromatic rings. The van der Waals surface area contributed by atoms with Gasteiger partial charge in [-0.15, -0.1) is 12.3 Å². The Bertz CT molecular complexity index is 701. The number of aliphatic hydroxyl groups is 3. The molecule has 8 N–H and O–H groups in total. The van der Waals surface area contributed by atoms with Gasteiger partial charge in [0.1, 0.15) is 30.2 Å². The van der Waals surface area contributed by atoms with Gasteiger partial charge in [-0.1, -0.05) is 0 Å². The number of amides is 2. The molecule has 0 spiro atoms. The van der Waals surface area contributed by atoms with Crippen LogP contribution in [-0.4, -0.2) is 65.1 Å². The smallest absolute Gasteiger partial charge is 0.319 e. The van der Waals surface area contributed by atoms with E-state index in [0.717, 1.165) is 25.0 Å². The van der Waals surface area contributed by atoms with Crippen molar-refractivity contribution >= 4 is 23.9 Å². The van der Waals surface area contributed by atoms with Crippen molar-refractivity contribution in [1.29, 1.82) is 0 Å². The zero-order valence-corrected chi connectivity index (χ0v) is 17.2. The Morgan fingerprint density at radius 1 is 1.20 bits per heavy atom. The normalized spacial score (nSPS) is 25.9. The quantitative estimate of drug-likeness (QED) is 0.150. The van der Waals surface area contributed by atoms with Gasteiger partial charge in [0.25, 0.3) is 0 Å². The van der Waals surface area contributed by atoms with Crippen LogP contribution in [0.4, 0.5) is 10.5 Å². The number of anilines is 1. The Labute approximate surface area is 179 Å². The van der Waals surface area contributed by atoms with Crippen LogP contribution in [-0.2, 0) is 4.74 Å². The van der Waals surface area contributed by atoms with Crippen LogP contribution < -0.4 is 25.2 Å². The average molecular weight is 441 g/mol. The van der Waals surface area contributed by atoms with Crippen molar-refractivity contribution in [3.8, 4) is 18.1 Å². The molecule has 11 heteroatoms. The van der Waals surface area contributed by atoms with Crippen LogP contribution >= 0.6 is 12.1 Å². The lowest BCUT2D eigenvalue weighted by atomic mass is 9.99. The van der Waals surface area contributed by atoms with E-state index in [1.807, 2.05) is 0 Å². The molecule has 1 aliphatic rings. The highest BCUT2D eigenvalue weighted by molar-refractivity contribution is 7.95. The Hall–Kier alpha value is -2.04. The van der Waals surface area contributed by atoms with Gasteiger partial charge in [-0.2, -0.15) is 0 Å². The highest BCUT2D eigenvalue weighted by atomic mass is 32.2. The number of nitrogens with one attached hydrogen (secondary N) is 3. The SMILES string of the molecule is C#CCCCCNC(=O)Nc1ccc(O[C@H]2O[C@H](CNSN)[C@@H](O)C(O)C2O)cc1. The molecule has 0 bridgehead atoms. The topological polar surface area (TPSA) is 158 Å². The highest BCUT2D eigenvalue weighted by Gasteiger charge is 2.44. The standard InChI is InChI=1S/C19H28N4O6S/c1-2-3-4-5-10-21-19(27)23-12-6-8-13(9-7-12)28-18-17(26)16(25)15(24)14(29-18)11-22-30-20/h1,6-9,14-18,22,24-26H,3-5,10-11,20H2,(H2,21,23,27)/t14-,15-,16?,17?,18+/m1/s1. The van der Waals surface area contributed by atoms with Crippen LogP contribution in [0.2, 0.25) is 0 Å². The molecule has 2 amide bonds. The van der Waals surface area contributed by atoms with E-state index in [2.05, 4.69) is 21.3 Å². The Balaban J connectivity index is 1.85. The summed E-state index contributed by atoms with van der Waals surface area (Å²) in [5.41, 5.74) is 0.547. The van der Waals surface area contributed by atoms with E-state index in [4.69, 9.17) is 21.0 Å². The third-order valence-electron chi connectivity index (χ3n) is 4.43. The fourth-order valence-corrected chi connectivity index (χ4v) is 3.05. The van der Waals surface area contributed by atoms with Gasteiger partial charge in [-0.05, 0) is 37.1 Å². The highest BCUT2D eigenvalue weighted by Crippen LogP contribution is 2.25. The first-order chi connectivity index (χ1) is 14.5. The van der Waals surface area contributed by atoms with Crippen LogP contribution in [0.3, 0.4) is 0 Å². The minimum Gasteiger partial charge on any atom is -0.462 e. The average Bonchev–Trinajstić information content (AvgIpc) is 2.74. The first-order valence-corrected chi connectivity index (χ1v) is 10.4. The molecule has 30 heavy (non-hydrogen) atoms. The molecular weight excluding hydrogens is 412 g/mol. The van der Waals surface area contributed by atoms with E-state index < -0.39 is 30.7 Å². The maximum atomic E-state index is 11.9. The van der Waals surface area contributed by atoms with Gasteiger partial charge in [0.2, 0.25) is 6.29 Å². The Kier molecular flexibility index (Phi) is 10.2. The van der Waals surface area contributed by atoms with Crippen molar-refractivity contribution in [2.45, 2.75) is 50.0 Å². The maximum Gasteiger partial charge on any atom is 0.319 e. The number of ether oxygens (including phenoxy) is 2. The molecule has 1 fully saturated rings. The number of urea groups is 1. The molecule has 2 rings (SSSR count). The number of hydrogen-bond acceptors (Lipinski definition) is 9. The monoisotopic (exact) mass is 440 g/mol. The molecule has 1 saturated heterocycles. The summed E-state index contributed by atoms with van der Waals surface area (Å²) in [6.07, 6.45) is 1.32. The Morgan fingerprint density at radius 3 is 2.60 bits per heavy atom. The predicted molar refractivity (Wildman–Crippen MR) is 113 cm³/mol. The number of nitrogens with two attached hydrogens (primary N) is 1. The molecule has 1 heterocycles. The summed E-state index contributed by atoms with van der Waals surface area (Å²) >= 11 is 0.846. The third-order valence-corrected chi connectivity index (χ3v) is 4.77. The van der Waals surface area contributed by atoms with E-state index in [0.29, 0.717) is 24.4 Å². The Morgan fingerprint density at radius 2 is 1.93 bits per heavy atom. The van der Waals surface area contributed by atoms with Crippen molar-refractivity contribution in [2.24, 2.45) is 5.14 Å². The third kappa shape index (κ3) is 7.33. The second-order valence-corrected chi connectivity index (χ2v) is 7.19. The number of hydrogen-bond donors (Lipinski definition) is 7. The zero-order valence-electron chi connectivity index (χ0n) is 16.4. The minimum atomic E-state index is -1.44. The second kappa shape index (κ2) is 12.6. The van der Waals surface area contributed by atoms with Gasteiger partial charge in [0.05, 0.1) is 0 Å².